The van der Waals surface area contributed by atoms with Crippen molar-refractivity contribution in [2.45, 2.75) is 6.61 Å². The number of benzene rings is 3. The van der Waals surface area contributed by atoms with E-state index < -0.39 is 11.8 Å². The number of hydrazone groups is 1. The normalized spacial score (nSPS) is 10.8. The Labute approximate surface area is 166 Å². The lowest BCUT2D eigenvalue weighted by Gasteiger charge is -2.09. The van der Waals surface area contributed by atoms with Crippen LogP contribution in [-0.4, -0.2) is 17.3 Å². The first kappa shape index (κ1) is 19.4. The Morgan fingerprint density at radius 2 is 1.93 bits per heavy atom. The van der Waals surface area contributed by atoms with Gasteiger partial charge in [-0.15, -0.1) is 0 Å². The minimum Gasteiger partial charge on any atom is -0.489 e. The van der Waals surface area contributed by atoms with Crippen LogP contribution >= 0.6 is 11.6 Å². The van der Waals surface area contributed by atoms with Crippen molar-refractivity contribution in [1.29, 1.82) is 0 Å². The van der Waals surface area contributed by atoms with E-state index in [0.29, 0.717) is 16.5 Å². The molecule has 0 atom stereocenters. The summed E-state index contributed by atoms with van der Waals surface area (Å²) in [5.74, 6) is -0.943. The lowest BCUT2D eigenvalue weighted by atomic mass is 10.2. The Hall–Kier alpha value is -3.38. The molecule has 7 heteroatoms. The van der Waals surface area contributed by atoms with Gasteiger partial charge < -0.3 is 9.84 Å². The molecule has 0 aliphatic rings. The van der Waals surface area contributed by atoms with Crippen LogP contribution in [0.1, 0.15) is 21.5 Å². The maximum atomic E-state index is 13.8. The Morgan fingerprint density at radius 1 is 1.14 bits per heavy atom. The molecule has 3 aromatic rings. The highest BCUT2D eigenvalue weighted by molar-refractivity contribution is 6.31. The first-order valence-electron chi connectivity index (χ1n) is 8.32. The molecule has 3 aromatic carbocycles. The fourth-order valence-corrected chi connectivity index (χ4v) is 2.67. The zero-order valence-corrected chi connectivity index (χ0v) is 15.4. The van der Waals surface area contributed by atoms with Crippen LogP contribution in [0.4, 0.5) is 10.1 Å². The number of para-hydroxylation sites is 1. The van der Waals surface area contributed by atoms with Gasteiger partial charge in [-0.3, -0.25) is 5.43 Å². The Kier molecular flexibility index (Phi) is 6.24. The topological polar surface area (TPSA) is 70.9 Å². The molecule has 0 saturated heterocycles. The lowest BCUT2D eigenvalue weighted by Crippen LogP contribution is -2.02. The zero-order valence-electron chi connectivity index (χ0n) is 14.6. The van der Waals surface area contributed by atoms with E-state index in [1.807, 2.05) is 0 Å². The van der Waals surface area contributed by atoms with Crippen LogP contribution in [0, 0.1) is 5.82 Å². The molecule has 0 spiro atoms. The number of carbonyl (C=O) groups is 1. The van der Waals surface area contributed by atoms with E-state index in [4.69, 9.17) is 21.4 Å². The van der Waals surface area contributed by atoms with Crippen LogP contribution in [0.5, 0.6) is 5.75 Å². The smallest absolute Gasteiger partial charge is 0.337 e. The maximum Gasteiger partial charge on any atom is 0.337 e. The summed E-state index contributed by atoms with van der Waals surface area (Å²) in [4.78, 5) is 11.2. The Balaban J connectivity index is 1.67. The number of carboxylic acid groups (broad SMARTS) is 1. The van der Waals surface area contributed by atoms with Crippen molar-refractivity contribution in [3.8, 4) is 5.75 Å². The van der Waals surface area contributed by atoms with Crippen LogP contribution in [0.15, 0.2) is 71.8 Å². The summed E-state index contributed by atoms with van der Waals surface area (Å²) < 4.78 is 19.4. The van der Waals surface area contributed by atoms with Gasteiger partial charge in [0.25, 0.3) is 0 Å². The molecule has 3 rings (SSSR count). The van der Waals surface area contributed by atoms with Crippen molar-refractivity contribution in [2.75, 3.05) is 5.43 Å². The number of nitrogens with zero attached hydrogens (tertiary/aromatic N) is 1. The molecule has 0 saturated carbocycles. The van der Waals surface area contributed by atoms with Crippen molar-refractivity contribution in [3.05, 3.63) is 94.3 Å². The van der Waals surface area contributed by atoms with Crippen molar-refractivity contribution >= 4 is 29.5 Å². The summed E-state index contributed by atoms with van der Waals surface area (Å²) in [6.45, 7) is -0.00363. The first-order valence-corrected chi connectivity index (χ1v) is 8.69. The second kappa shape index (κ2) is 9.01. The molecular weight excluding hydrogens is 383 g/mol. The van der Waals surface area contributed by atoms with Gasteiger partial charge in [-0.25, -0.2) is 9.18 Å². The van der Waals surface area contributed by atoms with Crippen molar-refractivity contribution < 1.29 is 19.0 Å². The fourth-order valence-electron chi connectivity index (χ4n) is 2.45. The lowest BCUT2D eigenvalue weighted by molar-refractivity contribution is 0.0698. The average Bonchev–Trinajstić information content (AvgIpc) is 2.68. The number of nitrogens with one attached hydrogen (secondary N) is 1. The second-order valence-corrected chi connectivity index (χ2v) is 6.19. The molecule has 142 valence electrons. The zero-order chi connectivity index (χ0) is 19.9. The van der Waals surface area contributed by atoms with E-state index >= 15 is 0 Å². The largest absolute Gasteiger partial charge is 0.489 e. The fraction of sp³-hybridized carbons (Fsp3) is 0.0476. The standard InChI is InChI=1S/C21H16ClFN2O3/c22-18-8-4-9-19(23)17(18)13-28-15-6-3-5-14(11-15)12-24-25-20-10-2-1-7-16(20)21(26)27/h1-12,25H,13H2,(H,26,27)/b24-12+. The third-order valence-corrected chi connectivity index (χ3v) is 4.21. The summed E-state index contributed by atoms with van der Waals surface area (Å²) in [5.41, 5.74) is 4.23. The monoisotopic (exact) mass is 398 g/mol. The highest BCUT2D eigenvalue weighted by Gasteiger charge is 2.08. The molecular formula is C21H16ClFN2O3. The highest BCUT2D eigenvalue weighted by Crippen LogP contribution is 2.22. The van der Waals surface area contributed by atoms with Crippen LogP contribution in [-0.2, 0) is 6.61 Å². The molecule has 5 nitrogen and oxygen atoms in total. The van der Waals surface area contributed by atoms with E-state index in [1.54, 1.807) is 48.5 Å². The van der Waals surface area contributed by atoms with Gasteiger partial charge >= 0.3 is 5.97 Å². The summed E-state index contributed by atoms with van der Waals surface area (Å²) in [5, 5.41) is 13.5. The number of carboxylic acids is 1. The van der Waals surface area contributed by atoms with Gasteiger partial charge in [-0.05, 0) is 42.0 Å². The first-order chi connectivity index (χ1) is 13.5. The number of rotatable bonds is 7. The number of hydrogen-bond acceptors (Lipinski definition) is 4. The van der Waals surface area contributed by atoms with Crippen LogP contribution < -0.4 is 10.2 Å². The van der Waals surface area contributed by atoms with Gasteiger partial charge in [0.05, 0.1) is 22.5 Å². The third kappa shape index (κ3) is 4.86. The van der Waals surface area contributed by atoms with Gasteiger partial charge in [-0.1, -0.05) is 41.9 Å². The van der Waals surface area contributed by atoms with Crippen molar-refractivity contribution in [3.63, 3.8) is 0 Å². The highest BCUT2D eigenvalue weighted by atomic mass is 35.5. The van der Waals surface area contributed by atoms with E-state index in [-0.39, 0.29) is 17.7 Å². The van der Waals surface area contributed by atoms with Gasteiger partial charge in [0.1, 0.15) is 18.2 Å². The van der Waals surface area contributed by atoms with Crippen LogP contribution in [0.25, 0.3) is 0 Å². The molecule has 0 aromatic heterocycles. The third-order valence-electron chi connectivity index (χ3n) is 3.86. The van der Waals surface area contributed by atoms with E-state index in [1.165, 1.54) is 24.4 Å². The molecule has 28 heavy (non-hydrogen) atoms. The molecule has 0 heterocycles. The Bertz CT molecular complexity index is 1000. The number of ether oxygens (including phenoxy) is 1. The molecule has 0 aliphatic heterocycles. The molecule has 0 radical (unpaired) electrons. The van der Waals surface area contributed by atoms with Gasteiger partial charge in [-0.2, -0.15) is 5.10 Å². The molecule has 0 fully saturated rings. The summed E-state index contributed by atoms with van der Waals surface area (Å²) in [6.07, 6.45) is 1.53. The molecule has 2 N–H and O–H groups in total. The maximum absolute atomic E-state index is 13.8. The summed E-state index contributed by atoms with van der Waals surface area (Å²) >= 11 is 6.00. The van der Waals surface area contributed by atoms with Gasteiger partial charge in [0.15, 0.2) is 0 Å². The molecule has 0 bridgehead atoms. The van der Waals surface area contributed by atoms with Crippen molar-refractivity contribution in [1.82, 2.24) is 0 Å². The Morgan fingerprint density at radius 3 is 2.71 bits per heavy atom. The number of hydrogen-bond donors (Lipinski definition) is 2. The number of aromatic carboxylic acids is 1. The number of anilines is 1. The minimum absolute atomic E-state index is 0.00363. The van der Waals surface area contributed by atoms with E-state index in [9.17, 15) is 9.18 Å². The van der Waals surface area contributed by atoms with Gasteiger partial charge in [0.2, 0.25) is 0 Å². The molecule has 0 aliphatic carbocycles. The van der Waals surface area contributed by atoms with E-state index in [2.05, 4.69) is 10.5 Å². The van der Waals surface area contributed by atoms with Gasteiger partial charge in [0, 0.05) is 5.56 Å². The summed E-state index contributed by atoms with van der Waals surface area (Å²) in [7, 11) is 0. The average molecular weight is 399 g/mol. The molecule has 0 unspecified atom stereocenters. The second-order valence-electron chi connectivity index (χ2n) is 5.78. The minimum atomic E-state index is -1.04. The summed E-state index contributed by atoms with van der Waals surface area (Å²) in [6, 6.07) is 18.0. The predicted octanol–water partition coefficient (Wildman–Crippen LogP) is 5.20. The van der Waals surface area contributed by atoms with Crippen molar-refractivity contribution in [2.24, 2.45) is 5.10 Å². The predicted molar refractivity (Wildman–Crippen MR) is 107 cm³/mol. The van der Waals surface area contributed by atoms with Crippen LogP contribution in [0.2, 0.25) is 5.02 Å². The quantitative estimate of drug-likeness (QED) is 0.423. The number of halogens is 2. The van der Waals surface area contributed by atoms with Crippen LogP contribution in [0.3, 0.4) is 0 Å². The van der Waals surface area contributed by atoms with E-state index in [0.717, 1.165) is 5.56 Å². The SMILES string of the molecule is O=C(O)c1ccccc1N/N=C/c1cccc(OCc2c(F)cccc2Cl)c1. The molecule has 0 amide bonds.